The van der Waals surface area contributed by atoms with E-state index in [2.05, 4.69) is 25.7 Å². The van der Waals surface area contributed by atoms with Crippen LogP contribution in [-0.4, -0.2) is 16.8 Å². The predicted octanol–water partition coefficient (Wildman–Crippen LogP) is 2.50. The second kappa shape index (κ2) is 7.24. The maximum atomic E-state index is 11.1. The summed E-state index contributed by atoms with van der Waals surface area (Å²) < 4.78 is 0. The van der Waals surface area contributed by atoms with Crippen molar-refractivity contribution in [3.05, 3.63) is 0 Å². The number of ketones is 1. The van der Waals surface area contributed by atoms with Gasteiger partial charge in [-0.3, -0.25) is 4.79 Å². The number of hydrogen-bond acceptors (Lipinski definition) is 2. The standard InChI is InChI=1S/C10H16OS/c1-4-6-7-10(11)8-12-9(3)5-2/h9H,5,7-8H2,1-3H3. The third-order valence-corrected chi connectivity index (χ3v) is 2.96. The largest absolute Gasteiger partial charge is 0.298 e. The molecule has 0 heterocycles. The van der Waals surface area contributed by atoms with Crippen molar-refractivity contribution in [2.75, 3.05) is 5.75 Å². The molecule has 1 unspecified atom stereocenters. The molecule has 0 bridgehead atoms. The van der Waals surface area contributed by atoms with Crippen LogP contribution in [0.15, 0.2) is 0 Å². The smallest absolute Gasteiger partial charge is 0.154 e. The molecule has 0 fully saturated rings. The minimum Gasteiger partial charge on any atom is -0.298 e. The second-order valence-corrected chi connectivity index (χ2v) is 4.10. The number of carbonyl (C=O) groups excluding carboxylic acids is 1. The van der Waals surface area contributed by atoms with Gasteiger partial charge in [0.1, 0.15) is 0 Å². The fraction of sp³-hybridized carbons (Fsp3) is 0.700. The molecule has 0 aliphatic rings. The molecule has 1 atom stereocenters. The van der Waals surface area contributed by atoms with Crippen molar-refractivity contribution in [1.82, 2.24) is 0 Å². The highest BCUT2D eigenvalue weighted by molar-refractivity contribution is 8.00. The quantitative estimate of drug-likeness (QED) is 0.611. The van der Waals surface area contributed by atoms with Crippen molar-refractivity contribution in [2.45, 2.75) is 38.9 Å². The zero-order chi connectivity index (χ0) is 9.40. The molecule has 1 nitrogen and oxygen atoms in total. The van der Waals surface area contributed by atoms with Crippen LogP contribution in [0.5, 0.6) is 0 Å². The summed E-state index contributed by atoms with van der Waals surface area (Å²) in [6.07, 6.45) is 1.54. The highest BCUT2D eigenvalue weighted by Crippen LogP contribution is 2.13. The second-order valence-electron chi connectivity index (χ2n) is 2.67. The SMILES string of the molecule is CC#CCC(=O)CSC(C)CC. The molecule has 0 spiro atoms. The van der Waals surface area contributed by atoms with Gasteiger partial charge in [0, 0.05) is 5.25 Å². The summed E-state index contributed by atoms with van der Waals surface area (Å²) >= 11 is 1.72. The maximum Gasteiger partial charge on any atom is 0.154 e. The molecular weight excluding hydrogens is 168 g/mol. The van der Waals surface area contributed by atoms with Crippen LogP contribution >= 0.6 is 11.8 Å². The van der Waals surface area contributed by atoms with Gasteiger partial charge in [-0.2, -0.15) is 11.8 Å². The molecule has 0 aliphatic carbocycles. The van der Waals surface area contributed by atoms with Gasteiger partial charge in [-0.1, -0.05) is 19.8 Å². The summed E-state index contributed by atoms with van der Waals surface area (Å²) in [5.74, 6) is 6.36. The molecule has 0 saturated carbocycles. The fourth-order valence-corrected chi connectivity index (χ4v) is 1.40. The molecular formula is C10H16OS. The molecule has 0 saturated heterocycles. The van der Waals surface area contributed by atoms with Gasteiger partial charge < -0.3 is 0 Å². The third-order valence-electron chi connectivity index (χ3n) is 1.57. The van der Waals surface area contributed by atoms with Crippen LogP contribution in [0.1, 0.15) is 33.6 Å². The first-order chi connectivity index (χ1) is 5.70. The van der Waals surface area contributed by atoms with E-state index in [9.17, 15) is 4.79 Å². The van der Waals surface area contributed by atoms with Gasteiger partial charge in [0.25, 0.3) is 0 Å². The normalized spacial score (nSPS) is 11.6. The van der Waals surface area contributed by atoms with E-state index in [1.165, 1.54) is 0 Å². The fourth-order valence-electron chi connectivity index (χ4n) is 0.591. The molecule has 0 aromatic carbocycles. The Hall–Kier alpha value is -0.420. The molecule has 2 heteroatoms. The average molecular weight is 184 g/mol. The van der Waals surface area contributed by atoms with Crippen molar-refractivity contribution >= 4 is 17.5 Å². The molecule has 68 valence electrons. The molecule has 0 aromatic heterocycles. The van der Waals surface area contributed by atoms with Gasteiger partial charge in [0.15, 0.2) is 5.78 Å². The zero-order valence-corrected chi connectivity index (χ0v) is 8.83. The van der Waals surface area contributed by atoms with Crippen LogP contribution in [0.2, 0.25) is 0 Å². The maximum absolute atomic E-state index is 11.1. The third kappa shape index (κ3) is 6.30. The topological polar surface area (TPSA) is 17.1 Å². The van der Waals surface area contributed by atoms with Gasteiger partial charge >= 0.3 is 0 Å². The Morgan fingerprint density at radius 2 is 2.25 bits per heavy atom. The molecule has 0 aliphatic heterocycles. The van der Waals surface area contributed by atoms with E-state index in [0.717, 1.165) is 6.42 Å². The van der Waals surface area contributed by atoms with E-state index in [1.807, 2.05) is 0 Å². The number of thioether (sulfide) groups is 1. The Morgan fingerprint density at radius 3 is 2.75 bits per heavy atom. The van der Waals surface area contributed by atoms with Crippen molar-refractivity contribution < 1.29 is 4.79 Å². The zero-order valence-electron chi connectivity index (χ0n) is 8.02. The summed E-state index contributed by atoms with van der Waals surface area (Å²) in [4.78, 5) is 11.1. The van der Waals surface area contributed by atoms with Crippen molar-refractivity contribution in [3.63, 3.8) is 0 Å². The van der Waals surface area contributed by atoms with E-state index < -0.39 is 0 Å². The first-order valence-corrected chi connectivity index (χ1v) is 5.28. The first-order valence-electron chi connectivity index (χ1n) is 4.23. The Bertz CT molecular complexity index is 188. The molecule has 0 radical (unpaired) electrons. The average Bonchev–Trinajstić information content (AvgIpc) is 2.10. The van der Waals surface area contributed by atoms with Gasteiger partial charge in [-0.25, -0.2) is 0 Å². The van der Waals surface area contributed by atoms with E-state index in [-0.39, 0.29) is 5.78 Å². The lowest BCUT2D eigenvalue weighted by Crippen LogP contribution is -2.04. The van der Waals surface area contributed by atoms with Crippen LogP contribution in [0.4, 0.5) is 0 Å². The van der Waals surface area contributed by atoms with Crippen molar-refractivity contribution in [3.8, 4) is 11.8 Å². The highest BCUT2D eigenvalue weighted by atomic mass is 32.2. The predicted molar refractivity (Wildman–Crippen MR) is 55.3 cm³/mol. The highest BCUT2D eigenvalue weighted by Gasteiger charge is 2.03. The van der Waals surface area contributed by atoms with Crippen LogP contribution < -0.4 is 0 Å². The van der Waals surface area contributed by atoms with Gasteiger partial charge in [-0.05, 0) is 13.3 Å². The number of Topliss-reactive ketones (excluding diaryl/α,β-unsaturated/α-hetero) is 1. The molecule has 0 aromatic rings. The minimum atomic E-state index is 0.245. The van der Waals surface area contributed by atoms with Gasteiger partial charge in [0.05, 0.1) is 12.2 Å². The van der Waals surface area contributed by atoms with E-state index in [1.54, 1.807) is 18.7 Å². The lowest BCUT2D eigenvalue weighted by atomic mass is 10.3. The van der Waals surface area contributed by atoms with Gasteiger partial charge in [-0.15, -0.1) is 5.92 Å². The van der Waals surface area contributed by atoms with Crippen LogP contribution in [-0.2, 0) is 4.79 Å². The molecule has 0 rings (SSSR count). The Balaban J connectivity index is 3.48. The molecule has 0 amide bonds. The van der Waals surface area contributed by atoms with E-state index >= 15 is 0 Å². The van der Waals surface area contributed by atoms with E-state index in [4.69, 9.17) is 0 Å². The number of carbonyl (C=O) groups is 1. The van der Waals surface area contributed by atoms with Crippen molar-refractivity contribution in [1.29, 1.82) is 0 Å². The Morgan fingerprint density at radius 1 is 1.58 bits per heavy atom. The summed E-state index contributed by atoms with van der Waals surface area (Å²) in [5, 5.41) is 0.587. The first kappa shape index (κ1) is 11.6. The minimum absolute atomic E-state index is 0.245. The molecule has 0 N–H and O–H groups in total. The number of rotatable bonds is 5. The Labute approximate surface area is 79.3 Å². The Kier molecular flexibility index (Phi) is 6.99. The van der Waals surface area contributed by atoms with Crippen LogP contribution in [0.3, 0.4) is 0 Å². The number of hydrogen-bond donors (Lipinski definition) is 0. The van der Waals surface area contributed by atoms with E-state index in [0.29, 0.717) is 17.4 Å². The summed E-state index contributed by atoms with van der Waals surface area (Å²) in [5.41, 5.74) is 0. The molecule has 12 heavy (non-hydrogen) atoms. The lowest BCUT2D eigenvalue weighted by molar-refractivity contribution is -0.115. The summed E-state index contributed by atoms with van der Waals surface area (Å²) in [6.45, 7) is 6.03. The van der Waals surface area contributed by atoms with Crippen LogP contribution in [0.25, 0.3) is 0 Å². The lowest BCUT2D eigenvalue weighted by Gasteiger charge is -2.05. The van der Waals surface area contributed by atoms with Crippen LogP contribution in [0, 0.1) is 11.8 Å². The summed E-state index contributed by atoms with van der Waals surface area (Å²) in [6, 6.07) is 0. The van der Waals surface area contributed by atoms with Gasteiger partial charge in [0.2, 0.25) is 0 Å². The monoisotopic (exact) mass is 184 g/mol. The summed E-state index contributed by atoms with van der Waals surface area (Å²) in [7, 11) is 0. The van der Waals surface area contributed by atoms with Crippen molar-refractivity contribution in [2.24, 2.45) is 0 Å².